The standard InChI is InChI=1S/C19H26.C2H6/c1-6-17-10-8-14(3)16(5)19(17)12-18-9-7-13(2)11-15(18)4;1-2/h7,9,11H,6,8,10,12H2,1-5H3;1-2H3. The fraction of sp³-hybridized carbons (Fsp3) is 0.524. The Morgan fingerprint density at radius 3 is 2.19 bits per heavy atom. The number of hydrogen-bond acceptors (Lipinski definition) is 0. The monoisotopic (exact) mass is 284 g/mol. The molecular formula is C21H32. The van der Waals surface area contributed by atoms with Gasteiger partial charge in [-0.15, -0.1) is 0 Å². The van der Waals surface area contributed by atoms with Crippen molar-refractivity contribution in [3.63, 3.8) is 0 Å². The molecule has 0 aliphatic heterocycles. The minimum absolute atomic E-state index is 1.11. The molecular weight excluding hydrogens is 252 g/mol. The van der Waals surface area contributed by atoms with Crippen molar-refractivity contribution >= 4 is 0 Å². The third-order valence-electron chi connectivity index (χ3n) is 4.61. The van der Waals surface area contributed by atoms with Crippen LogP contribution in [0.25, 0.3) is 0 Å². The molecule has 0 N–H and O–H groups in total. The second-order valence-corrected chi connectivity index (χ2v) is 5.95. The highest BCUT2D eigenvalue weighted by atomic mass is 14.2. The van der Waals surface area contributed by atoms with Crippen LogP contribution in [-0.4, -0.2) is 0 Å². The third-order valence-corrected chi connectivity index (χ3v) is 4.61. The van der Waals surface area contributed by atoms with Gasteiger partial charge in [0.05, 0.1) is 0 Å². The summed E-state index contributed by atoms with van der Waals surface area (Å²) in [7, 11) is 0. The van der Waals surface area contributed by atoms with Crippen molar-refractivity contribution in [2.45, 2.75) is 74.1 Å². The molecule has 0 atom stereocenters. The first-order valence-corrected chi connectivity index (χ1v) is 8.46. The largest absolute Gasteiger partial charge is 0.0698 e. The Morgan fingerprint density at radius 1 is 0.952 bits per heavy atom. The number of rotatable bonds is 3. The number of aryl methyl sites for hydroxylation is 2. The SMILES string of the molecule is CC.CCC1=C(Cc2ccc(C)cc2C)C(C)=C(C)CC1. The molecule has 0 heterocycles. The van der Waals surface area contributed by atoms with Gasteiger partial charge in [-0.05, 0) is 75.7 Å². The van der Waals surface area contributed by atoms with E-state index in [2.05, 4.69) is 52.8 Å². The van der Waals surface area contributed by atoms with Gasteiger partial charge < -0.3 is 0 Å². The van der Waals surface area contributed by atoms with E-state index >= 15 is 0 Å². The topological polar surface area (TPSA) is 0 Å². The first-order chi connectivity index (χ1) is 10.0. The predicted molar refractivity (Wildman–Crippen MR) is 95.9 cm³/mol. The molecule has 1 aromatic carbocycles. The van der Waals surface area contributed by atoms with Gasteiger partial charge in [-0.25, -0.2) is 0 Å². The fourth-order valence-corrected chi connectivity index (χ4v) is 3.08. The molecule has 1 aliphatic carbocycles. The van der Waals surface area contributed by atoms with Gasteiger partial charge in [0.15, 0.2) is 0 Å². The lowest BCUT2D eigenvalue weighted by Crippen LogP contribution is -2.06. The molecule has 1 aliphatic rings. The van der Waals surface area contributed by atoms with Crippen LogP contribution in [0.15, 0.2) is 40.5 Å². The highest BCUT2D eigenvalue weighted by Gasteiger charge is 2.16. The van der Waals surface area contributed by atoms with Gasteiger partial charge in [-0.3, -0.25) is 0 Å². The summed E-state index contributed by atoms with van der Waals surface area (Å²) >= 11 is 0. The number of allylic oxidation sites excluding steroid dienone is 4. The van der Waals surface area contributed by atoms with Crippen molar-refractivity contribution in [3.8, 4) is 0 Å². The van der Waals surface area contributed by atoms with Crippen LogP contribution in [0.4, 0.5) is 0 Å². The van der Waals surface area contributed by atoms with Gasteiger partial charge in [0, 0.05) is 0 Å². The van der Waals surface area contributed by atoms with E-state index in [4.69, 9.17) is 0 Å². The van der Waals surface area contributed by atoms with Crippen molar-refractivity contribution in [1.29, 1.82) is 0 Å². The first-order valence-electron chi connectivity index (χ1n) is 8.46. The van der Waals surface area contributed by atoms with Crippen LogP contribution < -0.4 is 0 Å². The molecule has 0 saturated carbocycles. The van der Waals surface area contributed by atoms with E-state index in [1.165, 1.54) is 36.0 Å². The summed E-state index contributed by atoms with van der Waals surface area (Å²) in [6, 6.07) is 6.85. The van der Waals surface area contributed by atoms with Crippen molar-refractivity contribution in [2.75, 3.05) is 0 Å². The number of benzene rings is 1. The highest BCUT2D eigenvalue weighted by Crippen LogP contribution is 2.34. The smallest absolute Gasteiger partial charge is 0.00210 e. The Hall–Kier alpha value is -1.30. The maximum absolute atomic E-state index is 2.31. The van der Waals surface area contributed by atoms with Crippen LogP contribution in [0.1, 0.15) is 70.6 Å². The zero-order valence-corrected chi connectivity index (χ0v) is 15.1. The van der Waals surface area contributed by atoms with Crippen molar-refractivity contribution in [2.24, 2.45) is 0 Å². The van der Waals surface area contributed by atoms with Crippen LogP contribution in [-0.2, 0) is 6.42 Å². The Kier molecular flexibility index (Phi) is 6.95. The van der Waals surface area contributed by atoms with E-state index in [0.717, 1.165) is 6.42 Å². The van der Waals surface area contributed by atoms with E-state index in [9.17, 15) is 0 Å². The number of hydrogen-bond donors (Lipinski definition) is 0. The first kappa shape index (κ1) is 17.8. The average molecular weight is 284 g/mol. The van der Waals surface area contributed by atoms with Crippen molar-refractivity contribution < 1.29 is 0 Å². The van der Waals surface area contributed by atoms with E-state index < -0.39 is 0 Å². The summed E-state index contributed by atoms with van der Waals surface area (Å²) in [6.07, 6.45) is 4.83. The minimum atomic E-state index is 1.11. The quantitative estimate of drug-likeness (QED) is 0.578. The summed E-state index contributed by atoms with van der Waals surface area (Å²) in [5, 5.41) is 0. The molecule has 21 heavy (non-hydrogen) atoms. The van der Waals surface area contributed by atoms with Crippen LogP contribution in [0.3, 0.4) is 0 Å². The van der Waals surface area contributed by atoms with Crippen molar-refractivity contribution in [1.82, 2.24) is 0 Å². The summed E-state index contributed by atoms with van der Waals surface area (Å²) in [5.41, 5.74) is 10.7. The molecule has 116 valence electrons. The summed E-state index contributed by atoms with van der Waals surface area (Å²) in [4.78, 5) is 0. The normalized spacial score (nSPS) is 15.0. The van der Waals surface area contributed by atoms with E-state index in [0.29, 0.717) is 0 Å². The van der Waals surface area contributed by atoms with E-state index in [-0.39, 0.29) is 0 Å². The lowest BCUT2D eigenvalue weighted by atomic mass is 9.82. The maximum atomic E-state index is 2.31. The molecule has 0 saturated heterocycles. The Bertz CT molecular complexity index is 541. The lowest BCUT2D eigenvalue weighted by molar-refractivity contribution is 0.806. The van der Waals surface area contributed by atoms with E-state index in [1.807, 2.05) is 13.8 Å². The molecule has 0 nitrogen and oxygen atoms in total. The molecule has 0 spiro atoms. The second-order valence-electron chi connectivity index (χ2n) is 5.95. The van der Waals surface area contributed by atoms with Gasteiger partial charge >= 0.3 is 0 Å². The third kappa shape index (κ3) is 4.33. The van der Waals surface area contributed by atoms with Crippen LogP contribution in [0.5, 0.6) is 0 Å². The van der Waals surface area contributed by atoms with Gasteiger partial charge in [-0.2, -0.15) is 0 Å². The summed E-state index contributed by atoms with van der Waals surface area (Å²) in [5.74, 6) is 0. The Morgan fingerprint density at radius 2 is 1.62 bits per heavy atom. The maximum Gasteiger partial charge on any atom is -0.00210 e. The molecule has 0 fully saturated rings. The summed E-state index contributed by atoms with van der Waals surface area (Å²) < 4.78 is 0. The minimum Gasteiger partial charge on any atom is -0.0698 e. The average Bonchev–Trinajstić information content (AvgIpc) is 2.48. The van der Waals surface area contributed by atoms with Gasteiger partial charge in [0.2, 0.25) is 0 Å². The zero-order valence-electron chi connectivity index (χ0n) is 15.1. The Balaban J connectivity index is 0.00000106. The van der Waals surface area contributed by atoms with Gasteiger partial charge in [0.25, 0.3) is 0 Å². The molecule has 2 rings (SSSR count). The molecule has 0 unspecified atom stereocenters. The van der Waals surface area contributed by atoms with Crippen molar-refractivity contribution in [3.05, 3.63) is 57.2 Å². The molecule has 0 bridgehead atoms. The highest BCUT2D eigenvalue weighted by molar-refractivity contribution is 5.45. The molecule has 0 radical (unpaired) electrons. The van der Waals surface area contributed by atoms with E-state index in [1.54, 1.807) is 22.3 Å². The van der Waals surface area contributed by atoms with Gasteiger partial charge in [0.1, 0.15) is 0 Å². The molecule has 0 aromatic heterocycles. The molecule has 0 heteroatoms. The zero-order chi connectivity index (χ0) is 16.0. The predicted octanol–water partition coefficient (Wildman–Crippen LogP) is 6.71. The molecule has 1 aromatic rings. The Labute approximate surface area is 132 Å². The van der Waals surface area contributed by atoms with Gasteiger partial charge in [-0.1, -0.05) is 55.7 Å². The van der Waals surface area contributed by atoms with Crippen LogP contribution >= 0.6 is 0 Å². The molecule has 0 amide bonds. The fourth-order valence-electron chi connectivity index (χ4n) is 3.08. The van der Waals surface area contributed by atoms with Crippen LogP contribution in [0.2, 0.25) is 0 Å². The lowest BCUT2D eigenvalue weighted by Gasteiger charge is -2.23. The van der Waals surface area contributed by atoms with Crippen LogP contribution in [0, 0.1) is 13.8 Å². The second kappa shape index (κ2) is 8.22. The summed E-state index contributed by atoms with van der Waals surface area (Å²) in [6.45, 7) is 15.3.